The summed E-state index contributed by atoms with van der Waals surface area (Å²) in [4.78, 5) is 13.8. The Morgan fingerprint density at radius 3 is 2.55 bits per heavy atom. The van der Waals surface area contributed by atoms with Gasteiger partial charge in [-0.25, -0.2) is 4.68 Å². The van der Waals surface area contributed by atoms with Gasteiger partial charge in [0.05, 0.1) is 17.3 Å². The standard InChI is InChI=1S/C24H27N3O2/c1-17-12-19(24(28)29)14-26(13-17)15-20-16-27(21-9-4-3-5-10-21)25-23(20)22-11-7-6-8-18(22)2/h3-11,16-17,19H,12-15H2,1-2H3,(H,28,29). The summed E-state index contributed by atoms with van der Waals surface area (Å²) >= 11 is 0. The Bertz CT molecular complexity index is 996. The fraction of sp³-hybridized carbons (Fsp3) is 0.333. The number of aromatic nitrogens is 2. The van der Waals surface area contributed by atoms with E-state index in [0.717, 1.165) is 35.5 Å². The van der Waals surface area contributed by atoms with Crippen molar-refractivity contribution in [3.05, 3.63) is 71.9 Å². The number of hydrogen-bond acceptors (Lipinski definition) is 3. The Hall–Kier alpha value is -2.92. The number of benzene rings is 2. The molecule has 150 valence electrons. The molecular formula is C24H27N3O2. The normalized spacial score (nSPS) is 19.9. The molecule has 1 fully saturated rings. The number of rotatable bonds is 5. The lowest BCUT2D eigenvalue weighted by molar-refractivity contribution is -0.144. The molecule has 1 aliphatic rings. The maximum absolute atomic E-state index is 11.6. The third kappa shape index (κ3) is 4.25. The predicted octanol–water partition coefficient (Wildman–Crippen LogP) is 4.39. The Morgan fingerprint density at radius 1 is 1.10 bits per heavy atom. The third-order valence-electron chi connectivity index (χ3n) is 5.69. The molecule has 5 heteroatoms. The van der Waals surface area contributed by atoms with Gasteiger partial charge in [0.25, 0.3) is 0 Å². The lowest BCUT2D eigenvalue weighted by Crippen LogP contribution is -2.42. The molecule has 29 heavy (non-hydrogen) atoms. The van der Waals surface area contributed by atoms with E-state index in [-0.39, 0.29) is 5.92 Å². The van der Waals surface area contributed by atoms with Crippen molar-refractivity contribution < 1.29 is 9.90 Å². The summed E-state index contributed by atoms with van der Waals surface area (Å²) in [6.07, 6.45) is 2.84. The summed E-state index contributed by atoms with van der Waals surface area (Å²) in [6, 6.07) is 18.4. The highest BCUT2D eigenvalue weighted by atomic mass is 16.4. The van der Waals surface area contributed by atoms with E-state index in [4.69, 9.17) is 5.10 Å². The summed E-state index contributed by atoms with van der Waals surface area (Å²) in [5, 5.41) is 14.4. The Labute approximate surface area is 171 Å². The number of para-hydroxylation sites is 1. The van der Waals surface area contributed by atoms with Gasteiger partial charge in [-0.05, 0) is 37.0 Å². The molecule has 2 unspecified atom stereocenters. The highest BCUT2D eigenvalue weighted by molar-refractivity contribution is 5.70. The van der Waals surface area contributed by atoms with Crippen LogP contribution in [0.2, 0.25) is 0 Å². The Balaban J connectivity index is 1.71. The van der Waals surface area contributed by atoms with E-state index in [0.29, 0.717) is 19.0 Å². The summed E-state index contributed by atoms with van der Waals surface area (Å²) in [6.45, 7) is 6.43. The van der Waals surface area contributed by atoms with E-state index in [1.807, 2.05) is 47.1 Å². The molecule has 0 amide bonds. The van der Waals surface area contributed by atoms with Gasteiger partial charge >= 0.3 is 5.97 Å². The van der Waals surface area contributed by atoms with E-state index < -0.39 is 5.97 Å². The van der Waals surface area contributed by atoms with Crippen LogP contribution in [0, 0.1) is 18.8 Å². The van der Waals surface area contributed by atoms with Crippen LogP contribution >= 0.6 is 0 Å². The van der Waals surface area contributed by atoms with Crippen LogP contribution in [0.25, 0.3) is 16.9 Å². The van der Waals surface area contributed by atoms with Gasteiger partial charge in [0.1, 0.15) is 0 Å². The number of likely N-dealkylation sites (tertiary alicyclic amines) is 1. The number of carboxylic acid groups (broad SMARTS) is 1. The van der Waals surface area contributed by atoms with Crippen molar-refractivity contribution in [1.82, 2.24) is 14.7 Å². The van der Waals surface area contributed by atoms with Crippen molar-refractivity contribution in [1.29, 1.82) is 0 Å². The monoisotopic (exact) mass is 389 g/mol. The zero-order chi connectivity index (χ0) is 20.4. The molecule has 1 saturated heterocycles. The fourth-order valence-corrected chi connectivity index (χ4v) is 4.31. The summed E-state index contributed by atoms with van der Waals surface area (Å²) in [5.41, 5.74) is 5.42. The van der Waals surface area contributed by atoms with Crippen LogP contribution in [0.4, 0.5) is 0 Å². The molecule has 0 saturated carbocycles. The number of carboxylic acids is 1. The second kappa shape index (κ2) is 8.21. The van der Waals surface area contributed by atoms with Gasteiger partial charge in [-0.3, -0.25) is 9.69 Å². The zero-order valence-electron chi connectivity index (χ0n) is 17.0. The van der Waals surface area contributed by atoms with Crippen molar-refractivity contribution in [2.45, 2.75) is 26.8 Å². The quantitative estimate of drug-likeness (QED) is 0.703. The van der Waals surface area contributed by atoms with Crippen LogP contribution in [0.3, 0.4) is 0 Å². The van der Waals surface area contributed by atoms with Crippen LogP contribution in [0.15, 0.2) is 60.8 Å². The minimum absolute atomic E-state index is 0.301. The Morgan fingerprint density at radius 2 is 1.83 bits per heavy atom. The van der Waals surface area contributed by atoms with E-state index in [9.17, 15) is 9.90 Å². The average Bonchev–Trinajstić information content (AvgIpc) is 3.12. The van der Waals surface area contributed by atoms with Crippen molar-refractivity contribution in [3.8, 4) is 16.9 Å². The molecular weight excluding hydrogens is 362 g/mol. The maximum Gasteiger partial charge on any atom is 0.307 e. The van der Waals surface area contributed by atoms with Crippen LogP contribution in [0.1, 0.15) is 24.5 Å². The lowest BCUT2D eigenvalue weighted by atomic mass is 9.90. The number of carbonyl (C=O) groups is 1. The zero-order valence-corrected chi connectivity index (χ0v) is 17.0. The minimum Gasteiger partial charge on any atom is -0.481 e. The van der Waals surface area contributed by atoms with Crippen LogP contribution in [-0.4, -0.2) is 38.8 Å². The first kappa shape index (κ1) is 19.4. The van der Waals surface area contributed by atoms with Gasteiger partial charge in [-0.1, -0.05) is 49.4 Å². The molecule has 1 aliphatic heterocycles. The number of aliphatic carboxylic acids is 1. The fourth-order valence-electron chi connectivity index (χ4n) is 4.31. The SMILES string of the molecule is Cc1ccccc1-c1nn(-c2ccccc2)cc1CN1CC(C)CC(C(=O)O)C1. The van der Waals surface area contributed by atoms with E-state index in [1.54, 1.807) is 0 Å². The van der Waals surface area contributed by atoms with Crippen molar-refractivity contribution in [2.24, 2.45) is 11.8 Å². The van der Waals surface area contributed by atoms with Crippen molar-refractivity contribution in [3.63, 3.8) is 0 Å². The van der Waals surface area contributed by atoms with Gasteiger partial charge in [0.2, 0.25) is 0 Å². The first-order valence-corrected chi connectivity index (χ1v) is 10.2. The molecule has 4 rings (SSSR count). The van der Waals surface area contributed by atoms with Gasteiger partial charge in [-0.15, -0.1) is 0 Å². The second-order valence-electron chi connectivity index (χ2n) is 8.17. The molecule has 0 radical (unpaired) electrons. The smallest absolute Gasteiger partial charge is 0.307 e. The molecule has 1 N–H and O–H groups in total. The van der Waals surface area contributed by atoms with Gasteiger partial charge in [0, 0.05) is 37.0 Å². The molecule has 2 heterocycles. The summed E-state index contributed by atoms with van der Waals surface area (Å²) in [5.74, 6) is -0.624. The molecule has 0 bridgehead atoms. The largest absolute Gasteiger partial charge is 0.481 e. The number of aryl methyl sites for hydroxylation is 1. The summed E-state index contributed by atoms with van der Waals surface area (Å²) < 4.78 is 1.93. The first-order chi connectivity index (χ1) is 14.0. The number of nitrogens with zero attached hydrogens (tertiary/aromatic N) is 3. The molecule has 1 aromatic heterocycles. The summed E-state index contributed by atoms with van der Waals surface area (Å²) in [7, 11) is 0. The molecule has 2 atom stereocenters. The first-order valence-electron chi connectivity index (χ1n) is 10.2. The van der Waals surface area contributed by atoms with Crippen molar-refractivity contribution in [2.75, 3.05) is 13.1 Å². The molecule has 2 aromatic carbocycles. The third-order valence-corrected chi connectivity index (χ3v) is 5.69. The average molecular weight is 389 g/mol. The maximum atomic E-state index is 11.6. The Kier molecular flexibility index (Phi) is 5.49. The van der Waals surface area contributed by atoms with Gasteiger partial charge in [0.15, 0.2) is 0 Å². The highest BCUT2D eigenvalue weighted by Gasteiger charge is 2.30. The number of hydrogen-bond donors (Lipinski definition) is 1. The van der Waals surface area contributed by atoms with E-state index in [2.05, 4.69) is 37.1 Å². The second-order valence-corrected chi connectivity index (χ2v) is 8.17. The van der Waals surface area contributed by atoms with Crippen LogP contribution < -0.4 is 0 Å². The van der Waals surface area contributed by atoms with E-state index >= 15 is 0 Å². The number of piperidine rings is 1. The molecule has 5 nitrogen and oxygen atoms in total. The minimum atomic E-state index is -0.694. The van der Waals surface area contributed by atoms with Gasteiger partial charge < -0.3 is 5.11 Å². The van der Waals surface area contributed by atoms with Gasteiger partial charge in [-0.2, -0.15) is 5.10 Å². The van der Waals surface area contributed by atoms with Crippen molar-refractivity contribution >= 4 is 5.97 Å². The predicted molar refractivity (Wildman–Crippen MR) is 114 cm³/mol. The molecule has 3 aromatic rings. The highest BCUT2D eigenvalue weighted by Crippen LogP contribution is 2.30. The lowest BCUT2D eigenvalue weighted by Gasteiger charge is -2.34. The van der Waals surface area contributed by atoms with Crippen LogP contribution in [0.5, 0.6) is 0 Å². The molecule has 0 aliphatic carbocycles. The van der Waals surface area contributed by atoms with Crippen LogP contribution in [-0.2, 0) is 11.3 Å². The topological polar surface area (TPSA) is 58.4 Å². The molecule has 0 spiro atoms. The van der Waals surface area contributed by atoms with E-state index in [1.165, 1.54) is 5.56 Å².